The van der Waals surface area contributed by atoms with Crippen molar-refractivity contribution in [2.24, 2.45) is 5.92 Å². The standard InChI is InChI=1S/C24H25F2N5O4/c1-12-20(24(34)30-17-8-31(7-16(17)26)19(33)9-32)22-23(29-12)21(27-11-28-22)15-6-14(25)4-5-18(15)35-10-13-2-3-13/h4-6,11,13,16-17,29,32H,2-3,7-10H2,1H3,(H,30,34)/t16-,17+/m0/s1. The summed E-state index contributed by atoms with van der Waals surface area (Å²) in [4.78, 5) is 37.7. The summed E-state index contributed by atoms with van der Waals surface area (Å²) in [7, 11) is 0. The Hall–Kier alpha value is -3.60. The van der Waals surface area contributed by atoms with Crippen LogP contribution in [0.3, 0.4) is 0 Å². The minimum atomic E-state index is -1.47. The Morgan fingerprint density at radius 1 is 1.29 bits per heavy atom. The summed E-state index contributed by atoms with van der Waals surface area (Å²) >= 11 is 0. The number of alkyl halides is 1. The van der Waals surface area contributed by atoms with Crippen molar-refractivity contribution in [3.05, 3.63) is 41.6 Å². The van der Waals surface area contributed by atoms with Crippen LogP contribution >= 0.6 is 0 Å². The van der Waals surface area contributed by atoms with Gasteiger partial charge in [-0.15, -0.1) is 0 Å². The number of likely N-dealkylation sites (tertiary alicyclic amines) is 1. The van der Waals surface area contributed by atoms with Crippen molar-refractivity contribution < 1.29 is 28.2 Å². The Labute approximate surface area is 199 Å². The van der Waals surface area contributed by atoms with E-state index < -0.39 is 36.5 Å². The van der Waals surface area contributed by atoms with Crippen molar-refractivity contribution in [1.82, 2.24) is 25.2 Å². The number of aromatic nitrogens is 3. The van der Waals surface area contributed by atoms with E-state index in [1.54, 1.807) is 13.0 Å². The van der Waals surface area contributed by atoms with Crippen LogP contribution in [0.4, 0.5) is 8.78 Å². The lowest BCUT2D eigenvalue weighted by Gasteiger charge is -2.15. The van der Waals surface area contributed by atoms with Crippen LogP contribution in [0.25, 0.3) is 22.3 Å². The van der Waals surface area contributed by atoms with Gasteiger partial charge in [0.2, 0.25) is 5.91 Å². The summed E-state index contributed by atoms with van der Waals surface area (Å²) in [5.41, 5.74) is 2.24. The van der Waals surface area contributed by atoms with Crippen LogP contribution in [0.15, 0.2) is 24.5 Å². The molecule has 0 unspecified atom stereocenters. The summed E-state index contributed by atoms with van der Waals surface area (Å²) in [5, 5.41) is 11.7. The zero-order valence-electron chi connectivity index (χ0n) is 19.1. The number of nitrogens with zero attached hydrogens (tertiary/aromatic N) is 3. The average molecular weight is 485 g/mol. The summed E-state index contributed by atoms with van der Waals surface area (Å²) in [6.45, 7) is 1.25. The summed E-state index contributed by atoms with van der Waals surface area (Å²) in [6.07, 6.45) is 2.03. The number of hydrogen-bond acceptors (Lipinski definition) is 6. The van der Waals surface area contributed by atoms with Crippen LogP contribution in [0.1, 0.15) is 28.9 Å². The van der Waals surface area contributed by atoms with Gasteiger partial charge < -0.3 is 25.0 Å². The van der Waals surface area contributed by atoms with E-state index in [4.69, 9.17) is 9.84 Å². The molecule has 2 amide bonds. The predicted octanol–water partition coefficient (Wildman–Crippen LogP) is 2.13. The molecule has 9 nitrogen and oxygen atoms in total. The number of aryl methyl sites for hydroxylation is 1. The number of carbonyl (C=O) groups excluding carboxylic acids is 2. The number of aliphatic hydroxyl groups excluding tert-OH is 1. The Kier molecular flexibility index (Phi) is 6.10. The van der Waals surface area contributed by atoms with E-state index in [0.717, 1.165) is 12.8 Å². The van der Waals surface area contributed by atoms with Crippen molar-refractivity contribution in [2.45, 2.75) is 32.0 Å². The maximum Gasteiger partial charge on any atom is 0.255 e. The number of amides is 2. The van der Waals surface area contributed by atoms with Crippen LogP contribution in [-0.2, 0) is 4.79 Å². The molecule has 1 saturated carbocycles. The molecule has 11 heteroatoms. The Morgan fingerprint density at radius 2 is 2.09 bits per heavy atom. The molecule has 3 heterocycles. The van der Waals surface area contributed by atoms with Gasteiger partial charge in [0.1, 0.15) is 41.9 Å². The van der Waals surface area contributed by atoms with Crippen LogP contribution in [-0.4, -0.2) is 75.3 Å². The van der Waals surface area contributed by atoms with Crippen molar-refractivity contribution in [3.8, 4) is 17.0 Å². The molecule has 3 N–H and O–H groups in total. The zero-order chi connectivity index (χ0) is 24.7. The lowest BCUT2D eigenvalue weighted by molar-refractivity contribution is -0.133. The molecule has 1 aromatic carbocycles. The maximum absolute atomic E-state index is 14.5. The second-order valence-electron chi connectivity index (χ2n) is 9.02. The van der Waals surface area contributed by atoms with Gasteiger partial charge >= 0.3 is 0 Å². The largest absolute Gasteiger partial charge is 0.493 e. The van der Waals surface area contributed by atoms with Crippen LogP contribution in [0.5, 0.6) is 5.75 Å². The molecule has 0 bridgehead atoms. The average Bonchev–Trinajstić information content (AvgIpc) is 3.51. The van der Waals surface area contributed by atoms with Gasteiger partial charge in [-0.05, 0) is 43.9 Å². The number of halogens is 2. The van der Waals surface area contributed by atoms with Crippen LogP contribution in [0.2, 0.25) is 0 Å². The zero-order valence-corrected chi connectivity index (χ0v) is 19.1. The molecular weight excluding hydrogens is 460 g/mol. The highest BCUT2D eigenvalue weighted by atomic mass is 19.1. The van der Waals surface area contributed by atoms with Crippen LogP contribution in [0, 0.1) is 18.7 Å². The highest BCUT2D eigenvalue weighted by Gasteiger charge is 2.37. The number of carbonyl (C=O) groups is 2. The lowest BCUT2D eigenvalue weighted by atomic mass is 10.1. The third-order valence-electron chi connectivity index (χ3n) is 6.42. The summed E-state index contributed by atoms with van der Waals surface area (Å²) in [5.74, 6) is -0.631. The third-order valence-corrected chi connectivity index (χ3v) is 6.42. The van der Waals surface area contributed by atoms with Gasteiger partial charge in [0, 0.05) is 17.8 Å². The number of fused-ring (bicyclic) bond motifs is 1. The number of rotatable bonds is 7. The predicted molar refractivity (Wildman–Crippen MR) is 122 cm³/mol. The van der Waals surface area contributed by atoms with Gasteiger partial charge in [0.15, 0.2) is 0 Å². The van der Waals surface area contributed by atoms with Gasteiger partial charge in [-0.1, -0.05) is 0 Å². The maximum atomic E-state index is 14.5. The van der Waals surface area contributed by atoms with Gasteiger partial charge in [-0.3, -0.25) is 9.59 Å². The van der Waals surface area contributed by atoms with E-state index in [2.05, 4.69) is 20.3 Å². The Balaban J connectivity index is 1.46. The van der Waals surface area contributed by atoms with E-state index in [9.17, 15) is 18.4 Å². The first kappa shape index (κ1) is 23.2. The van der Waals surface area contributed by atoms with E-state index in [1.165, 1.54) is 23.4 Å². The number of H-pyrrole nitrogens is 1. The van der Waals surface area contributed by atoms with E-state index in [1.807, 2.05) is 0 Å². The molecule has 5 rings (SSSR count). The molecule has 0 radical (unpaired) electrons. The Morgan fingerprint density at radius 3 is 2.83 bits per heavy atom. The van der Waals surface area contributed by atoms with Crippen molar-refractivity contribution >= 4 is 22.8 Å². The Bertz CT molecular complexity index is 1290. The molecule has 0 spiro atoms. The minimum Gasteiger partial charge on any atom is -0.493 e. The van der Waals surface area contributed by atoms with Crippen LogP contribution < -0.4 is 10.1 Å². The topological polar surface area (TPSA) is 120 Å². The molecule has 2 aromatic heterocycles. The highest BCUT2D eigenvalue weighted by Crippen LogP contribution is 2.36. The van der Waals surface area contributed by atoms with E-state index in [-0.39, 0.29) is 18.7 Å². The third kappa shape index (κ3) is 4.55. The van der Waals surface area contributed by atoms with Crippen molar-refractivity contribution in [2.75, 3.05) is 26.3 Å². The number of benzene rings is 1. The molecule has 2 atom stereocenters. The molecular formula is C24H25F2N5O4. The molecule has 1 aliphatic carbocycles. The summed E-state index contributed by atoms with van der Waals surface area (Å²) < 4.78 is 34.6. The molecule has 1 aliphatic heterocycles. The number of aromatic amines is 1. The first-order chi connectivity index (χ1) is 16.9. The molecule has 184 valence electrons. The summed E-state index contributed by atoms with van der Waals surface area (Å²) in [6, 6.07) is 3.29. The van der Waals surface area contributed by atoms with E-state index in [0.29, 0.717) is 46.3 Å². The number of hydrogen-bond donors (Lipinski definition) is 3. The number of ether oxygens (including phenoxy) is 1. The quantitative estimate of drug-likeness (QED) is 0.472. The van der Waals surface area contributed by atoms with Gasteiger partial charge in [-0.25, -0.2) is 18.7 Å². The first-order valence-electron chi connectivity index (χ1n) is 11.4. The fourth-order valence-corrected chi connectivity index (χ4v) is 4.35. The van der Waals surface area contributed by atoms with Gasteiger partial charge in [0.25, 0.3) is 5.91 Å². The van der Waals surface area contributed by atoms with Gasteiger partial charge in [-0.2, -0.15) is 0 Å². The SMILES string of the molecule is Cc1[nH]c2c(-c3cc(F)ccc3OCC3CC3)ncnc2c1C(=O)N[C@@H]1CN(C(=O)CO)C[C@@H]1F. The fraction of sp³-hybridized carbons (Fsp3) is 0.417. The molecule has 1 saturated heterocycles. The number of aliphatic hydroxyl groups is 1. The number of nitrogens with one attached hydrogen (secondary N) is 2. The lowest BCUT2D eigenvalue weighted by Crippen LogP contribution is -2.42. The van der Waals surface area contributed by atoms with Gasteiger partial charge in [0.05, 0.1) is 30.3 Å². The second kappa shape index (κ2) is 9.21. The first-order valence-corrected chi connectivity index (χ1v) is 11.4. The van der Waals surface area contributed by atoms with E-state index >= 15 is 0 Å². The molecule has 3 aromatic rings. The molecule has 2 aliphatic rings. The smallest absolute Gasteiger partial charge is 0.255 e. The highest BCUT2D eigenvalue weighted by molar-refractivity contribution is 6.09. The second-order valence-corrected chi connectivity index (χ2v) is 9.02. The fourth-order valence-electron chi connectivity index (χ4n) is 4.35. The van der Waals surface area contributed by atoms with Crippen molar-refractivity contribution in [1.29, 1.82) is 0 Å². The molecule has 2 fully saturated rings. The normalized spacial score (nSPS) is 19.8. The minimum absolute atomic E-state index is 0.0427. The molecule has 35 heavy (non-hydrogen) atoms. The monoisotopic (exact) mass is 485 g/mol. The van der Waals surface area contributed by atoms with Crippen molar-refractivity contribution in [3.63, 3.8) is 0 Å².